The summed E-state index contributed by atoms with van der Waals surface area (Å²) in [6.07, 6.45) is 3.31. The van der Waals surface area contributed by atoms with Gasteiger partial charge in [0.2, 0.25) is 5.91 Å². The highest BCUT2D eigenvalue weighted by atomic mass is 16.6. The lowest BCUT2D eigenvalue weighted by molar-refractivity contribution is -0.159. The minimum absolute atomic E-state index is 0.110. The second kappa shape index (κ2) is 9.22. The molecule has 0 spiro atoms. The van der Waals surface area contributed by atoms with Gasteiger partial charge in [-0.25, -0.2) is 4.79 Å². The van der Waals surface area contributed by atoms with Crippen LogP contribution in [0.25, 0.3) is 0 Å². The number of nitrogens with one attached hydrogen (secondary N) is 1. The quantitative estimate of drug-likeness (QED) is 0.773. The average molecular weight is 376 g/mol. The van der Waals surface area contributed by atoms with Crippen LogP contribution in [0.4, 0.5) is 0 Å². The number of hydrogen-bond acceptors (Lipinski definition) is 5. The van der Waals surface area contributed by atoms with E-state index in [1.165, 1.54) is 0 Å². The molecule has 0 radical (unpaired) electrons. The molecule has 1 N–H and O–H groups in total. The molecule has 6 heteroatoms. The van der Waals surface area contributed by atoms with Gasteiger partial charge in [0.25, 0.3) is 0 Å². The first-order chi connectivity index (χ1) is 12.7. The van der Waals surface area contributed by atoms with Crippen LogP contribution in [-0.2, 0) is 20.7 Å². The molecule has 0 saturated carbocycles. The van der Waals surface area contributed by atoms with Gasteiger partial charge in [-0.05, 0) is 64.9 Å². The summed E-state index contributed by atoms with van der Waals surface area (Å²) >= 11 is 0. The summed E-state index contributed by atoms with van der Waals surface area (Å²) < 4.78 is 10.7. The van der Waals surface area contributed by atoms with Crippen LogP contribution in [0.15, 0.2) is 24.3 Å². The minimum atomic E-state index is -0.722. The molecule has 1 saturated heterocycles. The molecule has 1 aromatic carbocycles. The highest BCUT2D eigenvalue weighted by molar-refractivity contribution is 5.88. The van der Waals surface area contributed by atoms with Crippen LogP contribution >= 0.6 is 0 Å². The summed E-state index contributed by atoms with van der Waals surface area (Å²) in [5, 5.41) is 2.93. The third-order valence-corrected chi connectivity index (χ3v) is 4.68. The van der Waals surface area contributed by atoms with Crippen LogP contribution in [-0.4, -0.2) is 55.2 Å². The fourth-order valence-corrected chi connectivity index (χ4v) is 3.24. The van der Waals surface area contributed by atoms with Crippen molar-refractivity contribution in [3.8, 4) is 5.75 Å². The zero-order valence-corrected chi connectivity index (χ0v) is 17.1. The second-order valence-electron chi connectivity index (χ2n) is 8.14. The Kier molecular flexibility index (Phi) is 7.25. The lowest BCUT2D eigenvalue weighted by atomic mass is 10.0. The van der Waals surface area contributed by atoms with Crippen LogP contribution in [0.3, 0.4) is 0 Å². The average Bonchev–Trinajstić information content (AvgIpc) is 2.60. The molecule has 1 fully saturated rings. The van der Waals surface area contributed by atoms with Crippen molar-refractivity contribution in [2.75, 3.05) is 20.7 Å². The standard InChI is InChI=1S/C21H32N2O4/c1-21(2,3)27-20(25)17(14-15-9-11-16(26-5)12-10-15)22-19(24)18-8-6-7-13-23(18)4/h9-12,17-18H,6-8,13-14H2,1-5H3,(H,22,24)/t17-,18-/m0/s1. The molecule has 6 nitrogen and oxygen atoms in total. The van der Waals surface area contributed by atoms with Gasteiger partial charge in [0.1, 0.15) is 17.4 Å². The van der Waals surface area contributed by atoms with Gasteiger partial charge in [0.05, 0.1) is 13.2 Å². The summed E-state index contributed by atoms with van der Waals surface area (Å²) in [5.41, 5.74) is 0.325. The Morgan fingerprint density at radius 2 is 1.89 bits per heavy atom. The van der Waals surface area contributed by atoms with E-state index >= 15 is 0 Å². The van der Waals surface area contributed by atoms with Gasteiger partial charge >= 0.3 is 5.97 Å². The largest absolute Gasteiger partial charge is 0.497 e. The summed E-state index contributed by atoms with van der Waals surface area (Å²) in [7, 11) is 3.56. The molecule has 0 bridgehead atoms. The van der Waals surface area contributed by atoms with Crippen LogP contribution in [0.1, 0.15) is 45.6 Å². The predicted molar refractivity (Wildman–Crippen MR) is 105 cm³/mol. The number of nitrogens with zero attached hydrogens (tertiary/aromatic N) is 1. The Morgan fingerprint density at radius 3 is 2.44 bits per heavy atom. The number of benzene rings is 1. The SMILES string of the molecule is COc1ccc(C[C@H](NC(=O)[C@@H]2CCCCN2C)C(=O)OC(C)(C)C)cc1. The van der Waals surface area contributed by atoms with E-state index in [2.05, 4.69) is 10.2 Å². The maximum atomic E-state index is 12.8. The van der Waals surface area contributed by atoms with Crippen LogP contribution < -0.4 is 10.1 Å². The summed E-state index contributed by atoms with van der Waals surface area (Å²) in [5.74, 6) is 0.229. The molecule has 0 aromatic heterocycles. The van der Waals surface area contributed by atoms with Crippen molar-refractivity contribution in [2.45, 2.75) is 64.1 Å². The number of methoxy groups -OCH3 is 1. The number of rotatable bonds is 6. The molecular weight excluding hydrogens is 344 g/mol. The van der Waals surface area contributed by atoms with Crippen molar-refractivity contribution in [3.63, 3.8) is 0 Å². The Labute approximate surface area is 162 Å². The number of piperidine rings is 1. The van der Waals surface area contributed by atoms with Crippen LogP contribution in [0.5, 0.6) is 5.75 Å². The predicted octanol–water partition coefficient (Wildman–Crippen LogP) is 2.55. The molecule has 150 valence electrons. The molecule has 1 aliphatic heterocycles. The van der Waals surface area contributed by atoms with E-state index in [4.69, 9.17) is 9.47 Å². The molecule has 0 aliphatic carbocycles. The van der Waals surface area contributed by atoms with Gasteiger partial charge in [-0.2, -0.15) is 0 Å². The third kappa shape index (κ3) is 6.54. The van der Waals surface area contributed by atoms with Crippen LogP contribution in [0, 0.1) is 0 Å². The van der Waals surface area contributed by atoms with Gasteiger partial charge < -0.3 is 14.8 Å². The maximum absolute atomic E-state index is 12.8. The van der Waals surface area contributed by atoms with Gasteiger partial charge in [0.15, 0.2) is 0 Å². The minimum Gasteiger partial charge on any atom is -0.497 e. The Morgan fingerprint density at radius 1 is 1.22 bits per heavy atom. The van der Waals surface area contributed by atoms with Crippen molar-refractivity contribution < 1.29 is 19.1 Å². The van der Waals surface area contributed by atoms with E-state index in [1.807, 2.05) is 52.1 Å². The van der Waals surface area contributed by atoms with E-state index in [1.54, 1.807) is 7.11 Å². The molecule has 1 aromatic rings. The molecule has 0 unspecified atom stereocenters. The molecule has 27 heavy (non-hydrogen) atoms. The number of hydrogen-bond donors (Lipinski definition) is 1. The molecule has 1 heterocycles. The fraction of sp³-hybridized carbons (Fsp3) is 0.619. The monoisotopic (exact) mass is 376 g/mol. The van der Waals surface area contributed by atoms with Crippen molar-refractivity contribution >= 4 is 11.9 Å². The second-order valence-corrected chi connectivity index (χ2v) is 8.14. The highest BCUT2D eigenvalue weighted by Gasteiger charge is 2.31. The molecule has 1 aliphatic rings. The fourth-order valence-electron chi connectivity index (χ4n) is 3.24. The lowest BCUT2D eigenvalue weighted by Crippen LogP contribution is -2.53. The molecular formula is C21H32N2O4. The smallest absolute Gasteiger partial charge is 0.329 e. The van der Waals surface area contributed by atoms with E-state index in [9.17, 15) is 9.59 Å². The molecule has 1 amide bonds. The Hall–Kier alpha value is -2.08. The van der Waals surface area contributed by atoms with E-state index in [-0.39, 0.29) is 11.9 Å². The van der Waals surface area contributed by atoms with Crippen molar-refractivity contribution in [3.05, 3.63) is 29.8 Å². The number of likely N-dealkylation sites (tertiary alicyclic amines) is 1. The highest BCUT2D eigenvalue weighted by Crippen LogP contribution is 2.18. The van der Waals surface area contributed by atoms with E-state index in [0.29, 0.717) is 6.42 Å². The van der Waals surface area contributed by atoms with Gasteiger partial charge in [0, 0.05) is 6.42 Å². The number of amides is 1. The van der Waals surface area contributed by atoms with Gasteiger partial charge in [-0.3, -0.25) is 9.69 Å². The number of carbonyl (C=O) groups excluding carboxylic acids is 2. The van der Waals surface area contributed by atoms with E-state index < -0.39 is 17.6 Å². The van der Waals surface area contributed by atoms with Gasteiger partial charge in [-0.15, -0.1) is 0 Å². The Bertz CT molecular complexity index is 637. The normalized spacial score (nSPS) is 19.2. The topological polar surface area (TPSA) is 67.9 Å². The van der Waals surface area contributed by atoms with Crippen molar-refractivity contribution in [2.24, 2.45) is 0 Å². The zero-order valence-electron chi connectivity index (χ0n) is 17.1. The Balaban J connectivity index is 2.12. The first-order valence-electron chi connectivity index (χ1n) is 9.56. The van der Waals surface area contributed by atoms with Crippen molar-refractivity contribution in [1.82, 2.24) is 10.2 Å². The number of ether oxygens (including phenoxy) is 2. The third-order valence-electron chi connectivity index (χ3n) is 4.68. The maximum Gasteiger partial charge on any atom is 0.329 e. The number of esters is 1. The molecule has 2 atom stereocenters. The molecule has 2 rings (SSSR count). The van der Waals surface area contributed by atoms with Crippen molar-refractivity contribution in [1.29, 1.82) is 0 Å². The first-order valence-corrected chi connectivity index (χ1v) is 9.56. The van der Waals surface area contributed by atoms with E-state index in [0.717, 1.165) is 37.1 Å². The summed E-state index contributed by atoms with van der Waals surface area (Å²) in [6, 6.07) is 6.57. The summed E-state index contributed by atoms with van der Waals surface area (Å²) in [4.78, 5) is 27.6. The van der Waals surface area contributed by atoms with Crippen LogP contribution in [0.2, 0.25) is 0 Å². The van der Waals surface area contributed by atoms with Gasteiger partial charge in [-0.1, -0.05) is 18.6 Å². The summed E-state index contributed by atoms with van der Waals surface area (Å²) in [6.45, 7) is 6.37. The zero-order chi connectivity index (χ0) is 20.0. The lowest BCUT2D eigenvalue weighted by Gasteiger charge is -2.32. The first kappa shape index (κ1) is 21.2. The number of carbonyl (C=O) groups is 2. The number of likely N-dealkylation sites (N-methyl/N-ethyl adjacent to an activating group) is 1.